The van der Waals surface area contributed by atoms with Crippen LogP contribution in [0.2, 0.25) is 0 Å². The van der Waals surface area contributed by atoms with E-state index in [1.807, 2.05) is 6.07 Å². The second-order valence-corrected chi connectivity index (χ2v) is 3.90. The zero-order valence-corrected chi connectivity index (χ0v) is 10.7. The SMILES string of the molecule is COCOc1cc(-n2ccnn2)cnc1I. The fourth-order valence-electron chi connectivity index (χ4n) is 1.11. The average molecular weight is 332 g/mol. The molecule has 0 amide bonds. The van der Waals surface area contributed by atoms with Crippen LogP contribution in [-0.2, 0) is 4.74 Å². The first-order valence-electron chi connectivity index (χ1n) is 4.45. The monoisotopic (exact) mass is 332 g/mol. The molecule has 0 aliphatic carbocycles. The van der Waals surface area contributed by atoms with Crippen LogP contribution < -0.4 is 4.74 Å². The van der Waals surface area contributed by atoms with Crippen LogP contribution in [0.3, 0.4) is 0 Å². The highest BCUT2D eigenvalue weighted by Gasteiger charge is 2.06. The van der Waals surface area contributed by atoms with Crippen molar-refractivity contribution in [3.05, 3.63) is 28.4 Å². The van der Waals surface area contributed by atoms with Gasteiger partial charge in [0.25, 0.3) is 0 Å². The van der Waals surface area contributed by atoms with Gasteiger partial charge in [0.1, 0.15) is 3.70 Å². The van der Waals surface area contributed by atoms with Crippen molar-refractivity contribution in [2.24, 2.45) is 0 Å². The van der Waals surface area contributed by atoms with E-state index in [-0.39, 0.29) is 6.79 Å². The molecule has 0 saturated heterocycles. The number of methoxy groups -OCH3 is 1. The summed E-state index contributed by atoms with van der Waals surface area (Å²) < 4.78 is 12.6. The molecule has 6 nitrogen and oxygen atoms in total. The molecule has 0 unspecified atom stereocenters. The molecule has 2 aromatic heterocycles. The maximum Gasteiger partial charge on any atom is 0.188 e. The van der Waals surface area contributed by atoms with Gasteiger partial charge in [0.15, 0.2) is 12.5 Å². The minimum absolute atomic E-state index is 0.193. The van der Waals surface area contributed by atoms with E-state index in [0.717, 1.165) is 9.39 Å². The van der Waals surface area contributed by atoms with Crippen molar-refractivity contribution in [3.8, 4) is 11.4 Å². The Hall–Kier alpha value is -1.22. The molecule has 0 N–H and O–H groups in total. The van der Waals surface area contributed by atoms with E-state index in [4.69, 9.17) is 9.47 Å². The zero-order valence-electron chi connectivity index (χ0n) is 8.50. The zero-order chi connectivity index (χ0) is 11.4. The normalized spacial score (nSPS) is 10.4. The average Bonchev–Trinajstić information content (AvgIpc) is 2.81. The van der Waals surface area contributed by atoms with E-state index in [0.29, 0.717) is 5.75 Å². The van der Waals surface area contributed by atoms with E-state index in [1.165, 1.54) is 0 Å². The quantitative estimate of drug-likeness (QED) is 0.479. The summed E-state index contributed by atoms with van der Waals surface area (Å²) in [5.74, 6) is 0.662. The minimum Gasteiger partial charge on any atom is -0.465 e. The van der Waals surface area contributed by atoms with E-state index < -0.39 is 0 Å². The first kappa shape index (κ1) is 11.3. The molecule has 0 fully saturated rings. The molecule has 2 aromatic rings. The van der Waals surface area contributed by atoms with E-state index in [9.17, 15) is 0 Å². The van der Waals surface area contributed by atoms with Gasteiger partial charge in [0.05, 0.1) is 24.3 Å². The molecule has 7 heteroatoms. The molecular formula is C9H9IN4O2. The summed E-state index contributed by atoms with van der Waals surface area (Å²) in [7, 11) is 1.57. The molecule has 0 aliphatic heterocycles. The molecule has 16 heavy (non-hydrogen) atoms. The maximum atomic E-state index is 5.37. The van der Waals surface area contributed by atoms with Crippen LogP contribution in [0, 0.1) is 3.70 Å². The second-order valence-electron chi connectivity index (χ2n) is 2.88. The highest BCUT2D eigenvalue weighted by atomic mass is 127. The van der Waals surface area contributed by atoms with Crippen LogP contribution in [0.1, 0.15) is 0 Å². The summed E-state index contributed by atoms with van der Waals surface area (Å²) in [6.45, 7) is 0.193. The molecule has 2 heterocycles. The number of hydrogen-bond donors (Lipinski definition) is 0. The highest BCUT2D eigenvalue weighted by Crippen LogP contribution is 2.21. The molecule has 0 bridgehead atoms. The van der Waals surface area contributed by atoms with Gasteiger partial charge in [-0.1, -0.05) is 5.21 Å². The van der Waals surface area contributed by atoms with Crippen LogP contribution in [0.25, 0.3) is 5.69 Å². The summed E-state index contributed by atoms with van der Waals surface area (Å²) in [6.07, 6.45) is 5.05. The Balaban J connectivity index is 2.28. The number of nitrogens with zero attached hydrogens (tertiary/aromatic N) is 4. The van der Waals surface area contributed by atoms with Gasteiger partial charge in [-0.05, 0) is 22.6 Å². The van der Waals surface area contributed by atoms with Gasteiger partial charge >= 0.3 is 0 Å². The molecule has 0 aliphatic rings. The van der Waals surface area contributed by atoms with E-state index >= 15 is 0 Å². The topological polar surface area (TPSA) is 62.1 Å². The molecular weight excluding hydrogens is 323 g/mol. The standard InChI is InChI=1S/C9H9IN4O2/c1-15-6-16-8-4-7(5-11-9(8)10)14-3-2-12-13-14/h2-5H,6H2,1H3. The molecule has 0 atom stereocenters. The Bertz CT molecular complexity index is 461. The van der Waals surface area contributed by atoms with Crippen molar-refractivity contribution in [2.75, 3.05) is 13.9 Å². The summed E-state index contributed by atoms with van der Waals surface area (Å²) >= 11 is 2.10. The van der Waals surface area contributed by atoms with Gasteiger partial charge in [-0.15, -0.1) is 5.10 Å². The Labute approximate surface area is 106 Å². The Morgan fingerprint density at radius 1 is 1.50 bits per heavy atom. The fourth-order valence-corrected chi connectivity index (χ4v) is 1.56. The number of hydrogen-bond acceptors (Lipinski definition) is 5. The third-order valence-corrected chi connectivity index (χ3v) is 2.62. The van der Waals surface area contributed by atoms with Gasteiger partial charge in [-0.3, -0.25) is 0 Å². The Morgan fingerprint density at radius 2 is 2.38 bits per heavy atom. The highest BCUT2D eigenvalue weighted by molar-refractivity contribution is 14.1. The van der Waals surface area contributed by atoms with Crippen LogP contribution in [0.4, 0.5) is 0 Å². The van der Waals surface area contributed by atoms with Crippen molar-refractivity contribution < 1.29 is 9.47 Å². The first-order chi connectivity index (χ1) is 7.81. The predicted octanol–water partition coefficient (Wildman–Crippen LogP) is 1.25. The molecule has 0 spiro atoms. The van der Waals surface area contributed by atoms with E-state index in [1.54, 1.807) is 30.4 Å². The van der Waals surface area contributed by atoms with Gasteiger partial charge in [0, 0.05) is 13.2 Å². The lowest BCUT2D eigenvalue weighted by molar-refractivity contribution is 0.0502. The number of halogens is 1. The third kappa shape index (κ3) is 2.47. The lowest BCUT2D eigenvalue weighted by Crippen LogP contribution is -2.03. The van der Waals surface area contributed by atoms with Crippen LogP contribution in [-0.4, -0.2) is 33.9 Å². The largest absolute Gasteiger partial charge is 0.465 e. The lowest BCUT2D eigenvalue weighted by Gasteiger charge is -2.08. The van der Waals surface area contributed by atoms with Crippen LogP contribution in [0.15, 0.2) is 24.7 Å². The van der Waals surface area contributed by atoms with Crippen molar-refractivity contribution in [1.82, 2.24) is 20.0 Å². The predicted molar refractivity (Wildman–Crippen MR) is 64.4 cm³/mol. The summed E-state index contributed by atoms with van der Waals surface area (Å²) in [4.78, 5) is 4.21. The smallest absolute Gasteiger partial charge is 0.188 e. The number of pyridine rings is 1. The van der Waals surface area contributed by atoms with Gasteiger partial charge < -0.3 is 9.47 Å². The van der Waals surface area contributed by atoms with Crippen molar-refractivity contribution in [3.63, 3.8) is 0 Å². The molecule has 0 radical (unpaired) electrons. The second kappa shape index (κ2) is 5.21. The number of ether oxygens (including phenoxy) is 2. The summed E-state index contributed by atoms with van der Waals surface area (Å²) in [6, 6.07) is 1.84. The Kier molecular flexibility index (Phi) is 3.67. The number of rotatable bonds is 4. The molecule has 84 valence electrons. The minimum atomic E-state index is 0.193. The van der Waals surface area contributed by atoms with Crippen LogP contribution in [0.5, 0.6) is 5.75 Å². The molecule has 2 rings (SSSR count). The van der Waals surface area contributed by atoms with Gasteiger partial charge in [0.2, 0.25) is 0 Å². The third-order valence-electron chi connectivity index (χ3n) is 1.81. The molecule has 0 aromatic carbocycles. The Morgan fingerprint density at radius 3 is 3.06 bits per heavy atom. The lowest BCUT2D eigenvalue weighted by atomic mass is 10.4. The first-order valence-corrected chi connectivity index (χ1v) is 5.53. The maximum absolute atomic E-state index is 5.37. The number of aromatic nitrogens is 4. The van der Waals surface area contributed by atoms with Gasteiger partial charge in [-0.2, -0.15) is 0 Å². The molecule has 0 saturated carbocycles. The summed E-state index contributed by atoms with van der Waals surface area (Å²) in [5, 5.41) is 7.61. The van der Waals surface area contributed by atoms with Crippen LogP contribution >= 0.6 is 22.6 Å². The fraction of sp³-hybridized carbons (Fsp3) is 0.222. The summed E-state index contributed by atoms with van der Waals surface area (Å²) in [5.41, 5.74) is 0.795. The van der Waals surface area contributed by atoms with Gasteiger partial charge in [-0.25, -0.2) is 9.67 Å². The van der Waals surface area contributed by atoms with Crippen molar-refractivity contribution >= 4 is 22.6 Å². The van der Waals surface area contributed by atoms with Crippen molar-refractivity contribution in [2.45, 2.75) is 0 Å². The van der Waals surface area contributed by atoms with E-state index in [2.05, 4.69) is 37.9 Å². The van der Waals surface area contributed by atoms with Crippen molar-refractivity contribution in [1.29, 1.82) is 0 Å².